The fraction of sp³-hybridized carbons (Fsp3) is 0.120. The van der Waals surface area contributed by atoms with Crippen molar-refractivity contribution in [1.29, 1.82) is 0 Å². The zero-order valence-corrected chi connectivity index (χ0v) is 19.4. The zero-order valence-electron chi connectivity index (χ0n) is 17.8. The molecule has 4 aromatic rings. The average molecular weight is 496 g/mol. The number of amides is 1. The maximum atomic E-state index is 15.3. The molecule has 0 unspecified atom stereocenters. The monoisotopic (exact) mass is 495 g/mol. The van der Waals surface area contributed by atoms with Crippen LogP contribution in [0, 0.1) is 5.82 Å². The molecule has 0 saturated carbocycles. The SMILES string of the molecule is O=C1[C@@H](NS(=O)(=O)c2ccc3cc(Cl)ccc3c2)CCN1c1cccc(-c2ccncc2)c1F. The summed E-state index contributed by atoms with van der Waals surface area (Å²) in [5.41, 5.74) is 1.09. The number of nitrogens with zero attached hydrogens (tertiary/aromatic N) is 2. The number of halogens is 2. The highest BCUT2D eigenvalue weighted by Crippen LogP contribution is 2.32. The van der Waals surface area contributed by atoms with Gasteiger partial charge >= 0.3 is 0 Å². The fourth-order valence-electron chi connectivity index (χ4n) is 4.13. The van der Waals surface area contributed by atoms with Gasteiger partial charge < -0.3 is 4.90 Å². The van der Waals surface area contributed by atoms with E-state index in [1.165, 1.54) is 23.1 Å². The first-order chi connectivity index (χ1) is 16.3. The van der Waals surface area contributed by atoms with Gasteiger partial charge in [0, 0.05) is 29.5 Å². The highest BCUT2D eigenvalue weighted by molar-refractivity contribution is 7.89. The Morgan fingerprint density at radius 3 is 2.53 bits per heavy atom. The Balaban J connectivity index is 1.39. The Bertz CT molecular complexity index is 1510. The highest BCUT2D eigenvalue weighted by atomic mass is 35.5. The van der Waals surface area contributed by atoms with E-state index in [9.17, 15) is 13.2 Å². The summed E-state index contributed by atoms with van der Waals surface area (Å²) >= 11 is 6.00. The first-order valence-corrected chi connectivity index (χ1v) is 12.4. The molecule has 1 amide bonds. The lowest BCUT2D eigenvalue weighted by Gasteiger charge is -2.19. The lowest BCUT2D eigenvalue weighted by atomic mass is 10.1. The molecule has 1 atom stereocenters. The van der Waals surface area contributed by atoms with E-state index in [4.69, 9.17) is 11.6 Å². The first-order valence-electron chi connectivity index (χ1n) is 10.6. The van der Waals surface area contributed by atoms with Gasteiger partial charge in [0.25, 0.3) is 0 Å². The van der Waals surface area contributed by atoms with Gasteiger partial charge in [0.2, 0.25) is 15.9 Å². The number of rotatable bonds is 5. The number of carbonyl (C=O) groups is 1. The van der Waals surface area contributed by atoms with Crippen LogP contribution in [0.1, 0.15) is 6.42 Å². The second-order valence-electron chi connectivity index (χ2n) is 7.98. The lowest BCUT2D eigenvalue weighted by molar-refractivity contribution is -0.118. The highest BCUT2D eigenvalue weighted by Gasteiger charge is 2.37. The number of hydrogen-bond acceptors (Lipinski definition) is 4. The molecule has 0 spiro atoms. The molecule has 5 rings (SSSR count). The van der Waals surface area contributed by atoms with Crippen LogP contribution in [0.15, 0.2) is 84.0 Å². The molecule has 34 heavy (non-hydrogen) atoms. The van der Waals surface area contributed by atoms with Crippen LogP contribution in [0.25, 0.3) is 21.9 Å². The molecule has 1 aliphatic rings. The number of aromatic nitrogens is 1. The van der Waals surface area contributed by atoms with E-state index < -0.39 is 27.8 Å². The van der Waals surface area contributed by atoms with Gasteiger partial charge in [0.15, 0.2) is 5.82 Å². The van der Waals surface area contributed by atoms with Gasteiger partial charge in [-0.25, -0.2) is 12.8 Å². The minimum atomic E-state index is -3.98. The molecular weight excluding hydrogens is 477 g/mol. The fourth-order valence-corrected chi connectivity index (χ4v) is 5.57. The second-order valence-corrected chi connectivity index (χ2v) is 10.1. The molecule has 0 radical (unpaired) electrons. The summed E-state index contributed by atoms with van der Waals surface area (Å²) < 4.78 is 43.8. The Morgan fingerprint density at radius 2 is 1.74 bits per heavy atom. The lowest BCUT2D eigenvalue weighted by Crippen LogP contribution is -2.41. The molecule has 1 saturated heterocycles. The predicted octanol–water partition coefficient (Wildman–Crippen LogP) is 4.78. The van der Waals surface area contributed by atoms with Crippen LogP contribution in [0.4, 0.5) is 10.1 Å². The van der Waals surface area contributed by atoms with Gasteiger partial charge in [0.1, 0.15) is 6.04 Å². The quantitative estimate of drug-likeness (QED) is 0.432. The molecule has 0 bridgehead atoms. The van der Waals surface area contributed by atoms with Crippen molar-refractivity contribution in [3.05, 3.63) is 90.0 Å². The van der Waals surface area contributed by atoms with Gasteiger partial charge in [-0.05, 0) is 65.2 Å². The maximum absolute atomic E-state index is 15.3. The van der Waals surface area contributed by atoms with E-state index in [1.807, 2.05) is 0 Å². The number of benzene rings is 3. The molecule has 1 aromatic heterocycles. The summed E-state index contributed by atoms with van der Waals surface area (Å²) in [6, 6.07) is 17.0. The predicted molar refractivity (Wildman–Crippen MR) is 130 cm³/mol. The Hall–Kier alpha value is -3.33. The van der Waals surface area contributed by atoms with Crippen LogP contribution < -0.4 is 9.62 Å². The standard InChI is InChI=1S/C25H19ClFN3O3S/c26-19-6-4-18-15-20(7-5-17(18)14-19)34(32,33)29-22-10-13-30(25(22)31)23-3-1-2-21(24(23)27)16-8-11-28-12-9-16/h1-9,11-12,14-15,22,29H,10,13H2/t22-/m0/s1. The van der Waals surface area contributed by atoms with E-state index in [2.05, 4.69) is 9.71 Å². The number of sulfonamides is 1. The van der Waals surface area contributed by atoms with Gasteiger partial charge in [-0.3, -0.25) is 9.78 Å². The zero-order chi connectivity index (χ0) is 23.9. The van der Waals surface area contributed by atoms with Crippen molar-refractivity contribution >= 4 is 44.0 Å². The van der Waals surface area contributed by atoms with Crippen molar-refractivity contribution in [1.82, 2.24) is 9.71 Å². The van der Waals surface area contributed by atoms with Gasteiger partial charge in [0.05, 0.1) is 10.6 Å². The molecule has 1 N–H and O–H groups in total. The number of fused-ring (bicyclic) bond motifs is 1. The number of nitrogens with one attached hydrogen (secondary N) is 1. The Morgan fingerprint density at radius 1 is 1.00 bits per heavy atom. The summed E-state index contributed by atoms with van der Waals surface area (Å²) in [5, 5.41) is 2.07. The van der Waals surface area contributed by atoms with Crippen molar-refractivity contribution in [2.45, 2.75) is 17.4 Å². The van der Waals surface area contributed by atoms with Crippen LogP contribution >= 0.6 is 11.6 Å². The molecule has 2 heterocycles. The first kappa shape index (κ1) is 22.5. The van der Waals surface area contributed by atoms with E-state index in [0.717, 1.165) is 5.39 Å². The van der Waals surface area contributed by atoms with Crippen molar-refractivity contribution in [2.75, 3.05) is 11.4 Å². The molecule has 1 fully saturated rings. The van der Waals surface area contributed by atoms with Crippen LogP contribution in [0.2, 0.25) is 5.02 Å². The van der Waals surface area contributed by atoms with Crippen LogP contribution in [0.3, 0.4) is 0 Å². The minimum absolute atomic E-state index is 0.0411. The number of hydrogen-bond donors (Lipinski definition) is 1. The molecule has 1 aliphatic heterocycles. The number of pyridine rings is 1. The number of anilines is 1. The van der Waals surface area contributed by atoms with Crippen LogP contribution in [-0.2, 0) is 14.8 Å². The Labute approximate surface area is 201 Å². The molecule has 172 valence electrons. The van der Waals surface area contributed by atoms with E-state index in [0.29, 0.717) is 21.5 Å². The topological polar surface area (TPSA) is 79.4 Å². The minimum Gasteiger partial charge on any atom is -0.308 e. The van der Waals surface area contributed by atoms with Gasteiger partial charge in [-0.1, -0.05) is 35.9 Å². The molecule has 9 heteroatoms. The Kier molecular flexibility index (Phi) is 5.81. The maximum Gasteiger partial charge on any atom is 0.245 e. The molecule has 3 aromatic carbocycles. The summed E-state index contributed by atoms with van der Waals surface area (Å²) in [6.45, 7) is 0.193. The molecule has 6 nitrogen and oxygen atoms in total. The van der Waals surface area contributed by atoms with E-state index >= 15 is 4.39 Å². The summed E-state index contributed by atoms with van der Waals surface area (Å²) in [6.07, 6.45) is 3.35. The smallest absolute Gasteiger partial charge is 0.245 e. The summed E-state index contributed by atoms with van der Waals surface area (Å²) in [4.78, 5) is 18.3. The third kappa shape index (κ3) is 4.16. The molecular formula is C25H19ClFN3O3S. The third-order valence-electron chi connectivity index (χ3n) is 5.85. The van der Waals surface area contributed by atoms with E-state index in [1.54, 1.807) is 60.9 Å². The van der Waals surface area contributed by atoms with Crippen molar-refractivity contribution in [3.63, 3.8) is 0 Å². The number of carbonyl (C=O) groups excluding carboxylic acids is 1. The molecule has 0 aliphatic carbocycles. The normalized spacial score (nSPS) is 16.4. The van der Waals surface area contributed by atoms with Crippen molar-refractivity contribution in [3.8, 4) is 11.1 Å². The summed E-state index contributed by atoms with van der Waals surface area (Å²) in [7, 11) is -3.98. The van der Waals surface area contributed by atoms with E-state index in [-0.39, 0.29) is 23.5 Å². The summed E-state index contributed by atoms with van der Waals surface area (Å²) in [5.74, 6) is -1.04. The van der Waals surface area contributed by atoms with Crippen LogP contribution in [-0.4, -0.2) is 31.9 Å². The second kappa shape index (κ2) is 8.79. The van der Waals surface area contributed by atoms with Crippen molar-refractivity contribution in [2.24, 2.45) is 0 Å². The van der Waals surface area contributed by atoms with Gasteiger partial charge in [-0.2, -0.15) is 4.72 Å². The average Bonchev–Trinajstić information content (AvgIpc) is 3.18. The van der Waals surface area contributed by atoms with Gasteiger partial charge in [-0.15, -0.1) is 0 Å². The van der Waals surface area contributed by atoms with Crippen molar-refractivity contribution < 1.29 is 17.6 Å². The van der Waals surface area contributed by atoms with Crippen LogP contribution in [0.5, 0.6) is 0 Å². The third-order valence-corrected chi connectivity index (χ3v) is 7.55. The largest absolute Gasteiger partial charge is 0.308 e.